The van der Waals surface area contributed by atoms with Crippen molar-refractivity contribution in [2.75, 3.05) is 0 Å². The smallest absolute Gasteiger partial charge is 0.288 e. The van der Waals surface area contributed by atoms with Crippen molar-refractivity contribution in [3.8, 4) is 0 Å². The number of hydrogen-bond donors (Lipinski definition) is 0. The molecule has 0 bridgehead atoms. The SMILES string of the molecule is CCC(C)(C)c1nc2ccccn2c1S(=O)(=O)F. The van der Waals surface area contributed by atoms with E-state index in [1.54, 1.807) is 18.2 Å². The van der Waals surface area contributed by atoms with Crippen LogP contribution in [0.5, 0.6) is 0 Å². The molecule has 2 heterocycles. The van der Waals surface area contributed by atoms with E-state index in [0.717, 1.165) is 0 Å². The van der Waals surface area contributed by atoms with Gasteiger partial charge in [0.25, 0.3) is 0 Å². The highest BCUT2D eigenvalue weighted by Crippen LogP contribution is 2.32. The first-order valence-electron chi connectivity index (χ1n) is 5.69. The fourth-order valence-electron chi connectivity index (χ4n) is 1.81. The van der Waals surface area contributed by atoms with Gasteiger partial charge in [-0.2, -0.15) is 8.42 Å². The zero-order chi connectivity index (χ0) is 13.6. The lowest BCUT2D eigenvalue weighted by atomic mass is 9.87. The Kier molecular flexibility index (Phi) is 2.93. The van der Waals surface area contributed by atoms with Crippen molar-refractivity contribution < 1.29 is 12.3 Å². The zero-order valence-electron chi connectivity index (χ0n) is 10.5. The van der Waals surface area contributed by atoms with Crippen LogP contribution in [0.2, 0.25) is 0 Å². The van der Waals surface area contributed by atoms with Crippen LogP contribution in [0.4, 0.5) is 3.89 Å². The number of nitrogens with zero attached hydrogens (tertiary/aromatic N) is 2. The number of rotatable bonds is 3. The lowest BCUT2D eigenvalue weighted by Gasteiger charge is -2.20. The van der Waals surface area contributed by atoms with E-state index in [1.165, 1.54) is 10.6 Å². The molecule has 0 amide bonds. The fourth-order valence-corrected chi connectivity index (χ4v) is 2.76. The Morgan fingerprint density at radius 3 is 2.61 bits per heavy atom. The molecule has 0 spiro atoms. The van der Waals surface area contributed by atoms with Gasteiger partial charge in [0.1, 0.15) is 5.65 Å². The number of halogens is 1. The van der Waals surface area contributed by atoms with E-state index >= 15 is 0 Å². The van der Waals surface area contributed by atoms with Gasteiger partial charge in [-0.05, 0) is 18.6 Å². The third-order valence-corrected chi connectivity index (χ3v) is 4.09. The van der Waals surface area contributed by atoms with Crippen LogP contribution < -0.4 is 0 Å². The monoisotopic (exact) mass is 270 g/mol. The number of hydrogen-bond acceptors (Lipinski definition) is 3. The Morgan fingerprint density at radius 1 is 1.39 bits per heavy atom. The lowest BCUT2D eigenvalue weighted by Crippen LogP contribution is -2.19. The van der Waals surface area contributed by atoms with E-state index in [1.807, 2.05) is 20.8 Å². The first-order valence-corrected chi connectivity index (χ1v) is 7.08. The van der Waals surface area contributed by atoms with Gasteiger partial charge in [-0.25, -0.2) is 4.98 Å². The molecule has 0 atom stereocenters. The second-order valence-electron chi connectivity index (χ2n) is 4.87. The molecule has 0 aliphatic heterocycles. The summed E-state index contributed by atoms with van der Waals surface area (Å²) in [5, 5.41) is -0.357. The standard InChI is InChI=1S/C12H15FN2O2S/c1-4-12(2,3)10-11(18(13,16)17)15-8-6-5-7-9(15)14-10/h5-8H,4H2,1-3H3. The molecule has 0 radical (unpaired) electrons. The second-order valence-corrected chi connectivity index (χ2v) is 6.13. The highest BCUT2D eigenvalue weighted by atomic mass is 32.3. The molecular weight excluding hydrogens is 255 g/mol. The molecule has 98 valence electrons. The fraction of sp³-hybridized carbons (Fsp3) is 0.417. The number of pyridine rings is 1. The van der Waals surface area contributed by atoms with Gasteiger partial charge in [-0.3, -0.25) is 4.40 Å². The van der Waals surface area contributed by atoms with E-state index in [0.29, 0.717) is 12.1 Å². The van der Waals surface area contributed by atoms with Crippen LogP contribution in [0.15, 0.2) is 29.4 Å². The van der Waals surface area contributed by atoms with Crippen molar-refractivity contribution in [1.82, 2.24) is 9.38 Å². The predicted octanol–water partition coefficient (Wildman–Crippen LogP) is 2.68. The second kappa shape index (κ2) is 4.05. The summed E-state index contributed by atoms with van der Waals surface area (Å²) in [6.45, 7) is 5.62. The predicted molar refractivity (Wildman–Crippen MR) is 66.8 cm³/mol. The van der Waals surface area contributed by atoms with Crippen molar-refractivity contribution in [3.63, 3.8) is 0 Å². The minimum absolute atomic E-state index is 0.277. The third-order valence-electron chi connectivity index (χ3n) is 3.24. The summed E-state index contributed by atoms with van der Waals surface area (Å²) in [6.07, 6.45) is 2.17. The molecule has 18 heavy (non-hydrogen) atoms. The maximum Gasteiger partial charge on any atom is 0.350 e. The van der Waals surface area contributed by atoms with E-state index in [-0.39, 0.29) is 10.7 Å². The van der Waals surface area contributed by atoms with Gasteiger partial charge in [-0.1, -0.05) is 30.7 Å². The molecule has 2 aromatic heterocycles. The Balaban J connectivity index is 2.90. The highest BCUT2D eigenvalue weighted by Gasteiger charge is 2.33. The Morgan fingerprint density at radius 2 is 2.06 bits per heavy atom. The molecule has 0 saturated carbocycles. The first-order chi connectivity index (χ1) is 8.27. The molecule has 6 heteroatoms. The molecule has 0 fully saturated rings. The van der Waals surface area contributed by atoms with Crippen LogP contribution >= 0.6 is 0 Å². The molecule has 2 rings (SSSR count). The lowest BCUT2D eigenvalue weighted by molar-refractivity contribution is 0.472. The molecule has 0 aliphatic carbocycles. The van der Waals surface area contributed by atoms with E-state index in [4.69, 9.17) is 0 Å². The quantitative estimate of drug-likeness (QED) is 0.806. The van der Waals surface area contributed by atoms with Crippen molar-refractivity contribution in [3.05, 3.63) is 30.1 Å². The molecule has 0 aromatic carbocycles. The number of aromatic nitrogens is 2. The summed E-state index contributed by atoms with van der Waals surface area (Å²) in [7, 11) is -4.81. The zero-order valence-corrected chi connectivity index (χ0v) is 11.3. The van der Waals surface area contributed by atoms with Crippen molar-refractivity contribution >= 4 is 15.9 Å². The number of fused-ring (bicyclic) bond motifs is 1. The molecule has 0 N–H and O–H groups in total. The maximum absolute atomic E-state index is 13.5. The first kappa shape index (κ1) is 13.0. The van der Waals surface area contributed by atoms with Crippen LogP contribution in [-0.4, -0.2) is 17.8 Å². The van der Waals surface area contributed by atoms with Gasteiger partial charge < -0.3 is 0 Å². The Bertz CT molecular complexity index is 689. The van der Waals surface area contributed by atoms with Crippen LogP contribution in [0, 0.1) is 0 Å². The third kappa shape index (κ3) is 2.01. The summed E-state index contributed by atoms with van der Waals surface area (Å²) in [5.41, 5.74) is 0.213. The molecule has 2 aromatic rings. The van der Waals surface area contributed by atoms with Crippen LogP contribution in [0.25, 0.3) is 5.65 Å². The number of imidazole rings is 1. The molecular formula is C12H15FN2O2S. The summed E-state index contributed by atoms with van der Waals surface area (Å²) in [4.78, 5) is 4.27. The minimum Gasteiger partial charge on any atom is -0.288 e. The van der Waals surface area contributed by atoms with E-state index < -0.39 is 15.6 Å². The molecule has 4 nitrogen and oxygen atoms in total. The average Bonchev–Trinajstić information content (AvgIpc) is 2.68. The summed E-state index contributed by atoms with van der Waals surface area (Å²) in [6, 6.07) is 5.04. The normalized spacial score (nSPS) is 13.1. The van der Waals surface area contributed by atoms with Gasteiger partial charge in [0, 0.05) is 11.6 Å². The Hall–Kier alpha value is -1.43. The summed E-state index contributed by atoms with van der Waals surface area (Å²) >= 11 is 0. The van der Waals surface area contributed by atoms with E-state index in [9.17, 15) is 12.3 Å². The van der Waals surface area contributed by atoms with Gasteiger partial charge in [0.15, 0.2) is 5.03 Å². The van der Waals surface area contributed by atoms with Crippen molar-refractivity contribution in [2.24, 2.45) is 0 Å². The summed E-state index contributed by atoms with van der Waals surface area (Å²) < 4.78 is 37.5. The van der Waals surface area contributed by atoms with Gasteiger partial charge in [0.2, 0.25) is 0 Å². The van der Waals surface area contributed by atoms with Crippen LogP contribution in [0.3, 0.4) is 0 Å². The van der Waals surface area contributed by atoms with Crippen molar-refractivity contribution in [2.45, 2.75) is 37.6 Å². The topological polar surface area (TPSA) is 51.4 Å². The van der Waals surface area contributed by atoms with Gasteiger partial charge in [0.05, 0.1) is 5.69 Å². The minimum atomic E-state index is -4.81. The summed E-state index contributed by atoms with van der Waals surface area (Å²) in [5.74, 6) is 0. The van der Waals surface area contributed by atoms with Crippen molar-refractivity contribution in [1.29, 1.82) is 0 Å². The van der Waals surface area contributed by atoms with Gasteiger partial charge >= 0.3 is 10.2 Å². The Labute approximate surface area is 106 Å². The molecule has 0 unspecified atom stereocenters. The van der Waals surface area contributed by atoms with E-state index in [2.05, 4.69) is 4.98 Å². The van der Waals surface area contributed by atoms with Gasteiger partial charge in [-0.15, -0.1) is 0 Å². The van der Waals surface area contributed by atoms with Crippen LogP contribution in [0.1, 0.15) is 32.9 Å². The highest BCUT2D eigenvalue weighted by molar-refractivity contribution is 7.86. The molecule has 0 saturated heterocycles. The van der Waals surface area contributed by atoms with Crippen LogP contribution in [-0.2, 0) is 15.6 Å². The average molecular weight is 270 g/mol. The molecule has 0 aliphatic rings. The largest absolute Gasteiger partial charge is 0.350 e. The maximum atomic E-state index is 13.5.